The van der Waals surface area contributed by atoms with Gasteiger partial charge in [0.2, 0.25) is 0 Å². The number of nitrogens with one attached hydrogen (secondary N) is 2. The number of urea groups is 1. The van der Waals surface area contributed by atoms with Crippen LogP contribution in [0, 0.1) is 0 Å². The topological polar surface area (TPSA) is 80.3 Å². The van der Waals surface area contributed by atoms with Crippen LogP contribution >= 0.6 is 11.6 Å². The summed E-state index contributed by atoms with van der Waals surface area (Å²) in [5.74, 6) is -0.0195. The Morgan fingerprint density at radius 2 is 1.86 bits per heavy atom. The molecule has 1 heterocycles. The maximum absolute atomic E-state index is 11.8. The van der Waals surface area contributed by atoms with E-state index in [1.165, 1.54) is 6.20 Å². The summed E-state index contributed by atoms with van der Waals surface area (Å²) >= 11 is 5.71. The summed E-state index contributed by atoms with van der Waals surface area (Å²) in [4.78, 5) is 27.3. The normalized spacial score (nSPS) is 9.91. The van der Waals surface area contributed by atoms with Gasteiger partial charge in [-0.15, -0.1) is 0 Å². The number of halogens is 1. The van der Waals surface area contributed by atoms with Crippen LogP contribution in [0.25, 0.3) is 0 Å². The van der Waals surface area contributed by atoms with E-state index < -0.39 is 12.0 Å². The average molecular weight is 320 g/mol. The van der Waals surface area contributed by atoms with Crippen molar-refractivity contribution in [1.29, 1.82) is 0 Å². The van der Waals surface area contributed by atoms with E-state index in [0.717, 1.165) is 0 Å². The lowest BCUT2D eigenvalue weighted by atomic mass is 10.2. The predicted molar refractivity (Wildman–Crippen MR) is 84.3 cm³/mol. The number of nitrogens with zero attached hydrogens (tertiary/aromatic N) is 1. The van der Waals surface area contributed by atoms with Crippen LogP contribution in [0.3, 0.4) is 0 Å². The van der Waals surface area contributed by atoms with E-state index in [-0.39, 0.29) is 0 Å². The minimum atomic E-state index is -0.446. The molecule has 0 aliphatic rings. The first-order chi connectivity index (χ1) is 10.6. The molecule has 0 unspecified atom stereocenters. The molecule has 6 nitrogen and oxygen atoms in total. The molecule has 0 radical (unpaired) electrons. The van der Waals surface area contributed by atoms with Crippen LogP contribution in [0.15, 0.2) is 42.6 Å². The molecule has 2 amide bonds. The molecule has 0 saturated heterocycles. The van der Waals surface area contributed by atoms with Crippen molar-refractivity contribution in [2.45, 2.75) is 6.92 Å². The zero-order valence-corrected chi connectivity index (χ0v) is 12.6. The van der Waals surface area contributed by atoms with Gasteiger partial charge in [-0.3, -0.25) is 5.32 Å². The first kappa shape index (κ1) is 15.8. The SMILES string of the molecule is CCOC(=O)c1ccc(NC(=O)Nc2ccc(Cl)cn2)cc1. The van der Waals surface area contributed by atoms with Crippen LogP contribution in [0.2, 0.25) is 5.02 Å². The molecular weight excluding hydrogens is 306 g/mol. The molecule has 2 N–H and O–H groups in total. The number of hydrogen-bond acceptors (Lipinski definition) is 4. The van der Waals surface area contributed by atoms with Gasteiger partial charge in [-0.2, -0.15) is 0 Å². The van der Waals surface area contributed by atoms with Crippen molar-refractivity contribution >= 4 is 35.1 Å². The Bertz CT molecular complexity index is 657. The Labute approximate surface area is 132 Å². The first-order valence-corrected chi connectivity index (χ1v) is 6.93. The molecule has 0 atom stereocenters. The summed E-state index contributed by atoms with van der Waals surface area (Å²) in [6, 6.07) is 9.15. The van der Waals surface area contributed by atoms with Gasteiger partial charge in [-0.1, -0.05) is 11.6 Å². The van der Waals surface area contributed by atoms with E-state index in [0.29, 0.717) is 28.7 Å². The second kappa shape index (κ2) is 7.42. The Kier molecular flexibility index (Phi) is 5.32. The molecule has 22 heavy (non-hydrogen) atoms. The Morgan fingerprint density at radius 3 is 2.45 bits per heavy atom. The second-order valence-corrected chi connectivity index (χ2v) is 4.68. The summed E-state index contributed by atoms with van der Waals surface area (Å²) in [6.45, 7) is 2.05. The molecule has 0 saturated carbocycles. The molecule has 0 spiro atoms. The number of pyridine rings is 1. The van der Waals surface area contributed by atoms with E-state index in [9.17, 15) is 9.59 Å². The molecule has 0 aliphatic heterocycles. The zero-order chi connectivity index (χ0) is 15.9. The molecule has 2 aromatic rings. The number of carbonyl (C=O) groups is 2. The number of hydrogen-bond donors (Lipinski definition) is 2. The maximum atomic E-state index is 11.8. The minimum Gasteiger partial charge on any atom is -0.462 e. The van der Waals surface area contributed by atoms with E-state index in [1.54, 1.807) is 43.3 Å². The lowest BCUT2D eigenvalue weighted by Crippen LogP contribution is -2.20. The number of anilines is 2. The number of rotatable bonds is 4. The summed E-state index contributed by atoms with van der Waals surface area (Å²) in [5, 5.41) is 5.68. The largest absolute Gasteiger partial charge is 0.462 e. The number of amides is 2. The fraction of sp³-hybridized carbons (Fsp3) is 0.133. The Morgan fingerprint density at radius 1 is 1.14 bits per heavy atom. The molecular formula is C15H14ClN3O3. The van der Waals surface area contributed by atoms with Gasteiger partial charge in [0.05, 0.1) is 17.2 Å². The highest BCUT2D eigenvalue weighted by Gasteiger charge is 2.07. The fourth-order valence-corrected chi connectivity index (χ4v) is 1.74. The van der Waals surface area contributed by atoms with Crippen molar-refractivity contribution in [3.63, 3.8) is 0 Å². The number of esters is 1. The van der Waals surface area contributed by atoms with Gasteiger partial charge in [-0.05, 0) is 43.3 Å². The average Bonchev–Trinajstić information content (AvgIpc) is 2.50. The van der Waals surface area contributed by atoms with Crippen LogP contribution in [0.5, 0.6) is 0 Å². The van der Waals surface area contributed by atoms with E-state index in [4.69, 9.17) is 16.3 Å². The van der Waals surface area contributed by atoms with E-state index in [1.807, 2.05) is 0 Å². The standard InChI is InChI=1S/C15H14ClN3O3/c1-2-22-14(20)10-3-6-12(7-4-10)18-15(21)19-13-8-5-11(16)9-17-13/h3-9H,2H2,1H3,(H2,17,18,19,21). The molecule has 0 fully saturated rings. The smallest absolute Gasteiger partial charge is 0.338 e. The van der Waals surface area contributed by atoms with Gasteiger partial charge in [0.25, 0.3) is 0 Å². The molecule has 0 bridgehead atoms. The van der Waals surface area contributed by atoms with E-state index >= 15 is 0 Å². The molecule has 2 rings (SSSR count). The number of carbonyl (C=O) groups excluding carboxylic acids is 2. The van der Waals surface area contributed by atoms with Crippen molar-refractivity contribution in [3.8, 4) is 0 Å². The first-order valence-electron chi connectivity index (χ1n) is 6.55. The highest BCUT2D eigenvalue weighted by atomic mass is 35.5. The predicted octanol–water partition coefficient (Wildman–Crippen LogP) is 3.56. The third kappa shape index (κ3) is 4.46. The van der Waals surface area contributed by atoms with Crippen LogP contribution in [-0.2, 0) is 4.74 Å². The molecule has 7 heteroatoms. The minimum absolute atomic E-state index is 0.315. The van der Waals surface area contributed by atoms with Gasteiger partial charge in [0.15, 0.2) is 0 Å². The third-order valence-corrected chi connectivity index (χ3v) is 2.85. The number of aromatic nitrogens is 1. The van der Waals surface area contributed by atoms with Crippen molar-refractivity contribution < 1.29 is 14.3 Å². The molecule has 1 aromatic carbocycles. The maximum Gasteiger partial charge on any atom is 0.338 e. The summed E-state index contributed by atoms with van der Waals surface area (Å²) in [7, 11) is 0. The lowest BCUT2D eigenvalue weighted by Gasteiger charge is -2.08. The summed E-state index contributed by atoms with van der Waals surface area (Å²) < 4.78 is 4.88. The second-order valence-electron chi connectivity index (χ2n) is 4.24. The van der Waals surface area contributed by atoms with E-state index in [2.05, 4.69) is 15.6 Å². The van der Waals surface area contributed by atoms with Gasteiger partial charge in [-0.25, -0.2) is 14.6 Å². The fourth-order valence-electron chi connectivity index (χ4n) is 1.63. The Balaban J connectivity index is 1.94. The zero-order valence-electron chi connectivity index (χ0n) is 11.8. The number of benzene rings is 1. The van der Waals surface area contributed by atoms with Crippen molar-refractivity contribution in [2.75, 3.05) is 17.2 Å². The molecule has 0 aliphatic carbocycles. The number of ether oxygens (including phenoxy) is 1. The summed E-state index contributed by atoms with van der Waals surface area (Å²) in [5.41, 5.74) is 0.965. The molecule has 1 aromatic heterocycles. The van der Waals surface area contributed by atoms with Crippen LogP contribution in [0.1, 0.15) is 17.3 Å². The van der Waals surface area contributed by atoms with Crippen LogP contribution in [0.4, 0.5) is 16.3 Å². The Hall–Kier alpha value is -2.60. The van der Waals surface area contributed by atoms with Crippen LogP contribution < -0.4 is 10.6 Å². The van der Waals surface area contributed by atoms with Crippen LogP contribution in [-0.4, -0.2) is 23.6 Å². The van der Waals surface area contributed by atoms with Crippen molar-refractivity contribution in [2.24, 2.45) is 0 Å². The lowest BCUT2D eigenvalue weighted by molar-refractivity contribution is 0.0526. The molecule has 114 valence electrons. The highest BCUT2D eigenvalue weighted by molar-refractivity contribution is 6.30. The monoisotopic (exact) mass is 319 g/mol. The van der Waals surface area contributed by atoms with Gasteiger partial charge < -0.3 is 10.1 Å². The van der Waals surface area contributed by atoms with Gasteiger partial charge >= 0.3 is 12.0 Å². The van der Waals surface area contributed by atoms with Gasteiger partial charge in [0.1, 0.15) is 5.82 Å². The third-order valence-electron chi connectivity index (χ3n) is 2.62. The highest BCUT2D eigenvalue weighted by Crippen LogP contribution is 2.12. The summed E-state index contributed by atoms with van der Waals surface area (Å²) in [6.07, 6.45) is 1.44. The quantitative estimate of drug-likeness (QED) is 0.844. The van der Waals surface area contributed by atoms with Crippen molar-refractivity contribution in [1.82, 2.24) is 4.98 Å². The van der Waals surface area contributed by atoms with Gasteiger partial charge in [0, 0.05) is 11.9 Å². The van der Waals surface area contributed by atoms with Crippen molar-refractivity contribution in [3.05, 3.63) is 53.2 Å².